The molecule has 0 aliphatic rings. The van der Waals surface area contributed by atoms with Crippen molar-refractivity contribution in [3.05, 3.63) is 59.2 Å². The van der Waals surface area contributed by atoms with Gasteiger partial charge in [0.25, 0.3) is 0 Å². The Labute approximate surface area is 162 Å². The number of carbonyl (C=O) groups is 1. The first-order valence-electron chi connectivity index (χ1n) is 9.37. The Kier molecular flexibility index (Phi) is 8.14. The number of amides is 1. The van der Waals surface area contributed by atoms with E-state index in [1.165, 1.54) is 5.56 Å². The minimum absolute atomic E-state index is 0.0456. The van der Waals surface area contributed by atoms with Crippen LogP contribution >= 0.6 is 0 Å². The van der Waals surface area contributed by atoms with E-state index in [1.54, 1.807) is 14.2 Å². The summed E-state index contributed by atoms with van der Waals surface area (Å²) in [5, 5.41) is 3.00. The van der Waals surface area contributed by atoms with Crippen LogP contribution in [0.1, 0.15) is 30.5 Å². The fraction of sp³-hybridized carbons (Fsp3) is 0.409. The van der Waals surface area contributed by atoms with Crippen LogP contribution in [0.15, 0.2) is 42.5 Å². The van der Waals surface area contributed by atoms with Crippen molar-refractivity contribution in [3.8, 4) is 11.5 Å². The van der Waals surface area contributed by atoms with Crippen molar-refractivity contribution < 1.29 is 14.3 Å². The van der Waals surface area contributed by atoms with Gasteiger partial charge in [-0.15, -0.1) is 0 Å². The molecule has 0 saturated heterocycles. The number of nitrogens with one attached hydrogen (secondary N) is 1. The number of carbonyl (C=O) groups excluding carboxylic acids is 1. The molecule has 2 rings (SSSR count). The predicted molar refractivity (Wildman–Crippen MR) is 108 cm³/mol. The van der Waals surface area contributed by atoms with E-state index >= 15 is 0 Å². The zero-order chi connectivity index (χ0) is 19.6. The highest BCUT2D eigenvalue weighted by molar-refractivity contribution is 5.79. The van der Waals surface area contributed by atoms with Gasteiger partial charge in [-0.1, -0.05) is 38.1 Å². The first-order chi connectivity index (χ1) is 13.1. The second kappa shape index (κ2) is 10.6. The Hall–Kier alpha value is -2.53. The lowest BCUT2D eigenvalue weighted by molar-refractivity contribution is -0.120. The molecule has 0 aliphatic heterocycles. The maximum atomic E-state index is 12.4. The van der Waals surface area contributed by atoms with Crippen molar-refractivity contribution in [1.82, 2.24) is 10.2 Å². The van der Waals surface area contributed by atoms with Gasteiger partial charge in [0, 0.05) is 18.7 Å². The van der Waals surface area contributed by atoms with Crippen LogP contribution in [0.2, 0.25) is 0 Å². The normalized spacial score (nSPS) is 10.7. The van der Waals surface area contributed by atoms with E-state index in [0.29, 0.717) is 18.0 Å². The Morgan fingerprint density at radius 2 is 1.74 bits per heavy atom. The van der Waals surface area contributed by atoms with E-state index in [9.17, 15) is 4.79 Å². The van der Waals surface area contributed by atoms with Crippen molar-refractivity contribution in [2.24, 2.45) is 0 Å². The van der Waals surface area contributed by atoms with Crippen molar-refractivity contribution in [2.45, 2.75) is 33.4 Å². The molecule has 0 fully saturated rings. The summed E-state index contributed by atoms with van der Waals surface area (Å²) in [5.74, 6) is 1.35. The number of hydrogen-bond acceptors (Lipinski definition) is 4. The van der Waals surface area contributed by atoms with Crippen molar-refractivity contribution >= 4 is 5.91 Å². The van der Waals surface area contributed by atoms with Crippen molar-refractivity contribution in [2.75, 3.05) is 27.3 Å². The second-order valence-electron chi connectivity index (χ2n) is 6.41. The van der Waals surface area contributed by atoms with Crippen LogP contribution in [0.4, 0.5) is 0 Å². The third kappa shape index (κ3) is 6.29. The molecule has 146 valence electrons. The van der Waals surface area contributed by atoms with Gasteiger partial charge in [0.1, 0.15) is 11.5 Å². The SMILES string of the molecule is CCN(CC)Cc1cccc(CNC(=O)Cc2cc(OC)ccc2OC)c1. The molecule has 0 spiro atoms. The summed E-state index contributed by atoms with van der Waals surface area (Å²) in [6.07, 6.45) is 0.250. The lowest BCUT2D eigenvalue weighted by atomic mass is 10.1. The van der Waals surface area contributed by atoms with Crippen LogP contribution in [-0.4, -0.2) is 38.1 Å². The molecule has 1 N–H and O–H groups in total. The summed E-state index contributed by atoms with van der Waals surface area (Å²) in [5.41, 5.74) is 3.18. The molecule has 5 heteroatoms. The number of ether oxygens (including phenoxy) is 2. The summed E-state index contributed by atoms with van der Waals surface area (Å²) < 4.78 is 10.6. The van der Waals surface area contributed by atoms with Gasteiger partial charge >= 0.3 is 0 Å². The third-order valence-corrected chi connectivity index (χ3v) is 4.62. The quantitative estimate of drug-likeness (QED) is 0.696. The lowest BCUT2D eigenvalue weighted by Crippen LogP contribution is -2.25. The largest absolute Gasteiger partial charge is 0.497 e. The molecule has 0 aromatic heterocycles. The fourth-order valence-electron chi connectivity index (χ4n) is 3.00. The Morgan fingerprint density at radius 1 is 1.00 bits per heavy atom. The summed E-state index contributed by atoms with van der Waals surface area (Å²) in [6.45, 7) is 7.83. The summed E-state index contributed by atoms with van der Waals surface area (Å²) in [7, 11) is 3.21. The van der Waals surface area contributed by atoms with E-state index in [4.69, 9.17) is 9.47 Å². The van der Waals surface area contributed by atoms with Gasteiger partial charge in [-0.3, -0.25) is 9.69 Å². The van der Waals surface area contributed by atoms with Crippen LogP contribution in [-0.2, 0) is 24.3 Å². The average Bonchev–Trinajstić information content (AvgIpc) is 2.70. The summed E-state index contributed by atoms with van der Waals surface area (Å²) in [6, 6.07) is 13.8. The van der Waals surface area contributed by atoms with Crippen LogP contribution < -0.4 is 14.8 Å². The molecule has 27 heavy (non-hydrogen) atoms. The predicted octanol–water partition coefficient (Wildman–Crippen LogP) is 3.40. The molecule has 0 radical (unpaired) electrons. The van der Waals surface area contributed by atoms with Gasteiger partial charge in [0.2, 0.25) is 5.91 Å². The van der Waals surface area contributed by atoms with E-state index in [-0.39, 0.29) is 12.3 Å². The Morgan fingerprint density at radius 3 is 2.41 bits per heavy atom. The first kappa shape index (κ1) is 20.8. The van der Waals surface area contributed by atoms with Gasteiger partial charge in [0.15, 0.2) is 0 Å². The maximum absolute atomic E-state index is 12.4. The zero-order valence-corrected chi connectivity index (χ0v) is 16.7. The highest BCUT2D eigenvalue weighted by atomic mass is 16.5. The molecule has 0 atom stereocenters. The minimum Gasteiger partial charge on any atom is -0.497 e. The number of nitrogens with zero attached hydrogens (tertiary/aromatic N) is 1. The molecule has 0 saturated carbocycles. The molecule has 5 nitrogen and oxygen atoms in total. The number of hydrogen-bond donors (Lipinski definition) is 1. The van der Waals surface area contributed by atoms with Crippen molar-refractivity contribution in [1.29, 1.82) is 0 Å². The minimum atomic E-state index is -0.0456. The fourth-order valence-corrected chi connectivity index (χ4v) is 3.00. The first-order valence-corrected chi connectivity index (χ1v) is 9.37. The highest BCUT2D eigenvalue weighted by Gasteiger charge is 2.10. The Balaban J connectivity index is 1.96. The van der Waals surface area contributed by atoms with Crippen LogP contribution in [0.5, 0.6) is 11.5 Å². The Bertz CT molecular complexity index is 742. The monoisotopic (exact) mass is 370 g/mol. The van der Waals surface area contributed by atoms with Gasteiger partial charge in [-0.2, -0.15) is 0 Å². The van der Waals surface area contributed by atoms with E-state index < -0.39 is 0 Å². The highest BCUT2D eigenvalue weighted by Crippen LogP contribution is 2.24. The summed E-state index contributed by atoms with van der Waals surface area (Å²) >= 11 is 0. The van der Waals surface area contributed by atoms with Gasteiger partial charge in [-0.05, 0) is 42.4 Å². The van der Waals surface area contributed by atoms with Crippen LogP contribution in [0.3, 0.4) is 0 Å². The maximum Gasteiger partial charge on any atom is 0.224 e. The van der Waals surface area contributed by atoms with E-state index in [1.807, 2.05) is 30.3 Å². The average molecular weight is 370 g/mol. The molecule has 0 bridgehead atoms. The molecule has 0 unspecified atom stereocenters. The van der Waals surface area contributed by atoms with E-state index in [0.717, 1.165) is 30.8 Å². The molecule has 2 aromatic carbocycles. The van der Waals surface area contributed by atoms with Crippen molar-refractivity contribution in [3.63, 3.8) is 0 Å². The second-order valence-corrected chi connectivity index (χ2v) is 6.41. The molecule has 1 amide bonds. The van der Waals surface area contributed by atoms with Gasteiger partial charge in [-0.25, -0.2) is 0 Å². The number of rotatable bonds is 10. The van der Waals surface area contributed by atoms with Gasteiger partial charge < -0.3 is 14.8 Å². The smallest absolute Gasteiger partial charge is 0.224 e. The third-order valence-electron chi connectivity index (χ3n) is 4.62. The molecule has 2 aromatic rings. The molecule has 0 aliphatic carbocycles. The topological polar surface area (TPSA) is 50.8 Å². The lowest BCUT2D eigenvalue weighted by Gasteiger charge is -2.18. The van der Waals surface area contributed by atoms with E-state index in [2.05, 4.69) is 36.2 Å². The molecular weight excluding hydrogens is 340 g/mol. The number of methoxy groups -OCH3 is 2. The van der Waals surface area contributed by atoms with Gasteiger partial charge in [0.05, 0.1) is 20.6 Å². The standard InChI is InChI=1S/C22H30N2O3/c1-5-24(6-2)16-18-9-7-8-17(12-18)15-23-22(25)14-19-13-20(26-3)10-11-21(19)27-4/h7-13H,5-6,14-16H2,1-4H3,(H,23,25). The molecule has 0 heterocycles. The number of benzene rings is 2. The molecular formula is C22H30N2O3. The zero-order valence-electron chi connectivity index (χ0n) is 16.7. The van der Waals surface area contributed by atoms with Crippen LogP contribution in [0.25, 0.3) is 0 Å². The van der Waals surface area contributed by atoms with Crippen LogP contribution in [0, 0.1) is 0 Å². The summed E-state index contributed by atoms with van der Waals surface area (Å²) in [4.78, 5) is 14.8.